The van der Waals surface area contributed by atoms with Crippen molar-refractivity contribution in [2.24, 2.45) is 0 Å². The van der Waals surface area contributed by atoms with E-state index in [-0.39, 0.29) is 0 Å². The van der Waals surface area contributed by atoms with Crippen LogP contribution in [0.15, 0.2) is 439 Å². The van der Waals surface area contributed by atoms with Gasteiger partial charge in [-0.25, -0.2) is 29.9 Å². The summed E-state index contributed by atoms with van der Waals surface area (Å²) in [5.41, 5.74) is 24.3. The fraction of sp³-hybridized carbons (Fsp3) is 0. The van der Waals surface area contributed by atoms with Crippen molar-refractivity contribution >= 4 is 109 Å². The summed E-state index contributed by atoms with van der Waals surface area (Å²) in [7, 11) is 0. The van der Waals surface area contributed by atoms with Gasteiger partial charge in [0.1, 0.15) is 67.3 Å². The van der Waals surface area contributed by atoms with E-state index in [1.54, 1.807) is 0 Å². The van der Waals surface area contributed by atoms with E-state index >= 15 is 0 Å². The van der Waals surface area contributed by atoms with Gasteiger partial charge in [-0.05, 0) is 153 Å². The van der Waals surface area contributed by atoms with Crippen LogP contribution in [0.2, 0.25) is 0 Å². The SMILES string of the molecule is c1ccc(-c2ccc3cc(-c4cc(-c5cc6ccccc6o5)nc(-c5cccc6c5oc5ccccc56)n4)ccc3c2)cc1.c1ccc(-c2cccc(-c3cc(-c4cc5ccccc5o4)nc(-c4cccc5c4oc4ccccc45)n3)c2)cc1.c1ccc(-c2ccccc2-c2cc(-c3cc4ccccc4o3)nc(-c3cccc4c3oc3ccccc34)n2)cc1. The van der Waals surface area contributed by atoms with Crippen molar-refractivity contribution in [3.8, 4) is 136 Å². The molecule has 0 saturated heterocycles. The third-order valence-electron chi connectivity index (χ3n) is 22.9. The van der Waals surface area contributed by atoms with Crippen LogP contribution in [-0.4, -0.2) is 29.9 Å². The second-order valence-electron chi connectivity index (χ2n) is 30.7. The van der Waals surface area contributed by atoms with E-state index in [0.717, 1.165) is 183 Å². The number of rotatable bonds is 12. The predicted molar refractivity (Wildman–Crippen MR) is 500 cm³/mol. The number of fused-ring (bicyclic) bond motifs is 13. The minimum Gasteiger partial charge on any atom is -0.455 e. The first-order valence-electron chi connectivity index (χ1n) is 41.1. The molecule has 0 amide bonds. The van der Waals surface area contributed by atoms with Crippen LogP contribution in [0.25, 0.3) is 245 Å². The number of hydrogen-bond acceptors (Lipinski definition) is 12. The number of aromatic nitrogens is 6. The van der Waals surface area contributed by atoms with Crippen molar-refractivity contribution in [3.63, 3.8) is 0 Å². The molecule has 0 fully saturated rings. The van der Waals surface area contributed by atoms with Gasteiger partial charge in [-0.2, -0.15) is 0 Å². The highest BCUT2D eigenvalue weighted by atomic mass is 16.4. The second kappa shape index (κ2) is 30.8. The van der Waals surface area contributed by atoms with E-state index in [1.807, 2.05) is 224 Å². The average Bonchev–Trinajstić information content (AvgIpc) is 1.58. The lowest BCUT2D eigenvalue weighted by molar-refractivity contribution is 0.628. The third-order valence-corrected chi connectivity index (χ3v) is 22.9. The van der Waals surface area contributed by atoms with Crippen LogP contribution < -0.4 is 0 Å². The zero-order valence-corrected chi connectivity index (χ0v) is 66.4. The number of hydrogen-bond donors (Lipinski definition) is 0. The molecule has 12 nitrogen and oxygen atoms in total. The highest BCUT2D eigenvalue weighted by Gasteiger charge is 2.24. The summed E-state index contributed by atoms with van der Waals surface area (Å²) >= 11 is 0. The number of nitrogens with zero attached hydrogens (tertiary/aromatic N) is 6. The molecule has 0 spiro atoms. The largest absolute Gasteiger partial charge is 0.455 e. The number of furan rings is 6. The molecular formula is C112H68N6O6. The van der Waals surface area contributed by atoms with Gasteiger partial charge < -0.3 is 26.5 Å². The molecule has 0 unspecified atom stereocenters. The fourth-order valence-corrected chi connectivity index (χ4v) is 16.9. The van der Waals surface area contributed by atoms with Crippen LogP contribution in [0.4, 0.5) is 0 Å². The summed E-state index contributed by atoms with van der Waals surface area (Å²) in [6.45, 7) is 0. The Bertz CT molecular complexity index is 8310. The maximum atomic E-state index is 6.38. The van der Waals surface area contributed by atoms with Crippen LogP contribution in [0.5, 0.6) is 0 Å². The third kappa shape index (κ3) is 13.5. The van der Waals surface area contributed by atoms with E-state index in [1.165, 1.54) is 16.5 Å². The quantitative estimate of drug-likeness (QED) is 0.114. The minimum atomic E-state index is 0.584. The number of para-hydroxylation sites is 9. The van der Waals surface area contributed by atoms with E-state index in [9.17, 15) is 0 Å². The molecule has 0 atom stereocenters. The van der Waals surface area contributed by atoms with Gasteiger partial charge in [-0.1, -0.05) is 303 Å². The summed E-state index contributed by atoms with van der Waals surface area (Å²) in [6.07, 6.45) is 0. The van der Waals surface area contributed by atoms with E-state index in [4.69, 9.17) is 56.4 Å². The van der Waals surface area contributed by atoms with Crippen molar-refractivity contribution in [1.29, 1.82) is 0 Å². The Morgan fingerprint density at radius 1 is 0.145 bits per heavy atom. The van der Waals surface area contributed by atoms with Crippen LogP contribution in [-0.2, 0) is 0 Å². The van der Waals surface area contributed by atoms with E-state index in [0.29, 0.717) is 46.1 Å². The van der Waals surface area contributed by atoms with Gasteiger partial charge in [-0.15, -0.1) is 0 Å². The van der Waals surface area contributed by atoms with Crippen molar-refractivity contribution in [1.82, 2.24) is 29.9 Å². The zero-order valence-electron chi connectivity index (χ0n) is 66.4. The molecule has 0 saturated carbocycles. The van der Waals surface area contributed by atoms with Gasteiger partial charge in [0, 0.05) is 65.2 Å². The molecular weight excluding hydrogens is 1530 g/mol. The Balaban J connectivity index is 0.000000108. The second-order valence-corrected chi connectivity index (χ2v) is 30.7. The highest BCUT2D eigenvalue weighted by molar-refractivity contribution is 6.12. The van der Waals surface area contributed by atoms with Crippen LogP contribution in [0.3, 0.4) is 0 Å². The molecule has 582 valence electrons. The maximum absolute atomic E-state index is 6.38. The van der Waals surface area contributed by atoms with Crippen molar-refractivity contribution in [2.45, 2.75) is 0 Å². The standard InChI is InChI=1S/C40H24N2O2.2C36H22N2O2/c1-2-9-25(10-3-1)26-17-18-28-22-29(20-19-27(28)21-26)34-24-35(38-23-30-11-4-6-15-36(30)43-38)42-40(41-34)33-14-8-13-32-31-12-5-7-16-37(31)44-39(32)33;1-2-11-23(12-3-1)25-14-5-6-15-26(25)30-22-31(34-21-24-13-4-8-19-32(24)39-34)38-36(37-30)29-18-10-17-28-27-16-7-9-20-33(27)40-35(28)29;1-2-10-23(11-3-1)24-13-8-14-25(20-24)30-22-31(34-21-26-12-4-6-18-32(26)39-34)38-36(37-30)29-17-9-16-28-27-15-5-7-19-33(27)40-35(28)29/h1-24H;2*1-22H. The molecule has 0 N–H and O–H groups in total. The Kier molecular flexibility index (Phi) is 17.9. The molecule has 0 aliphatic rings. The normalized spacial score (nSPS) is 11.5. The lowest BCUT2D eigenvalue weighted by Gasteiger charge is -2.12. The molecule has 9 heterocycles. The van der Waals surface area contributed by atoms with Crippen molar-refractivity contribution < 1.29 is 26.5 Å². The summed E-state index contributed by atoms with van der Waals surface area (Å²) in [5, 5.41) is 11.7. The fourth-order valence-electron chi connectivity index (χ4n) is 16.9. The molecule has 124 heavy (non-hydrogen) atoms. The summed E-state index contributed by atoms with van der Waals surface area (Å²) in [4.78, 5) is 30.5. The molecule has 0 aliphatic carbocycles. The molecule has 0 aliphatic heterocycles. The Hall–Kier alpha value is -17.0. The summed E-state index contributed by atoms with van der Waals surface area (Å²) in [6, 6.07) is 140. The Labute approximate surface area is 709 Å². The molecule has 0 radical (unpaired) electrons. The van der Waals surface area contributed by atoms with Gasteiger partial charge in [0.05, 0.1) is 33.8 Å². The summed E-state index contributed by atoms with van der Waals surface area (Å²) in [5.74, 6) is 3.84. The van der Waals surface area contributed by atoms with E-state index in [2.05, 4.69) is 188 Å². The predicted octanol–water partition coefficient (Wildman–Crippen LogP) is 30.5. The lowest BCUT2D eigenvalue weighted by Crippen LogP contribution is -1.97. The molecule has 9 aromatic heterocycles. The van der Waals surface area contributed by atoms with Gasteiger partial charge in [-0.3, -0.25) is 0 Å². The monoisotopic (exact) mass is 1590 g/mol. The van der Waals surface area contributed by atoms with Crippen molar-refractivity contribution in [3.05, 3.63) is 413 Å². The van der Waals surface area contributed by atoms with Gasteiger partial charge in [0.15, 0.2) is 34.8 Å². The van der Waals surface area contributed by atoms with Gasteiger partial charge in [0.25, 0.3) is 0 Å². The molecule has 12 heteroatoms. The van der Waals surface area contributed by atoms with Gasteiger partial charge >= 0.3 is 0 Å². The summed E-state index contributed by atoms with van der Waals surface area (Å²) < 4.78 is 37.9. The van der Waals surface area contributed by atoms with E-state index < -0.39 is 0 Å². The Morgan fingerprint density at radius 2 is 0.435 bits per heavy atom. The van der Waals surface area contributed by atoms with Crippen LogP contribution in [0, 0.1) is 0 Å². The first kappa shape index (κ1) is 72.3. The van der Waals surface area contributed by atoms with Crippen LogP contribution in [0.1, 0.15) is 0 Å². The molecule has 25 rings (SSSR count). The van der Waals surface area contributed by atoms with Crippen LogP contribution >= 0.6 is 0 Å². The molecule has 16 aromatic carbocycles. The number of benzene rings is 16. The van der Waals surface area contributed by atoms with Gasteiger partial charge in [0.2, 0.25) is 0 Å². The minimum absolute atomic E-state index is 0.584. The van der Waals surface area contributed by atoms with Crippen molar-refractivity contribution in [2.75, 3.05) is 0 Å². The first-order chi connectivity index (χ1) is 61.4. The average molecular weight is 1590 g/mol. The maximum Gasteiger partial charge on any atom is 0.164 e. The zero-order chi connectivity index (χ0) is 82.0. The lowest BCUT2D eigenvalue weighted by atomic mass is 9.97. The topological polar surface area (TPSA) is 156 Å². The first-order valence-corrected chi connectivity index (χ1v) is 41.1. The molecule has 0 bridgehead atoms. The Morgan fingerprint density at radius 3 is 0.871 bits per heavy atom. The molecule has 25 aromatic rings. The smallest absolute Gasteiger partial charge is 0.164 e. The highest BCUT2D eigenvalue weighted by Crippen LogP contribution is 2.44.